The van der Waals surface area contributed by atoms with E-state index >= 15 is 0 Å². The largest absolute Gasteiger partial charge is 0.494 e. The second-order valence-electron chi connectivity index (χ2n) is 5.57. The van der Waals surface area contributed by atoms with Crippen LogP contribution in [0.2, 0.25) is 0 Å². The fourth-order valence-corrected chi connectivity index (χ4v) is 2.98. The number of aliphatic hydroxyl groups is 1. The van der Waals surface area contributed by atoms with Gasteiger partial charge in [0.25, 0.3) is 0 Å². The van der Waals surface area contributed by atoms with Crippen LogP contribution in [0.3, 0.4) is 0 Å². The number of hydrogen-bond acceptors (Lipinski definition) is 2. The van der Waals surface area contributed by atoms with Gasteiger partial charge in [-0.2, -0.15) is 0 Å². The molecule has 3 rings (SSSR count). The summed E-state index contributed by atoms with van der Waals surface area (Å²) in [6.07, 6.45) is 3.38. The molecule has 110 valence electrons. The zero-order chi connectivity index (χ0) is 14.8. The maximum Gasteiger partial charge on any atom is 0.165 e. The van der Waals surface area contributed by atoms with Crippen LogP contribution in [0, 0.1) is 5.82 Å². The average molecular weight is 286 g/mol. The highest BCUT2D eigenvalue weighted by Crippen LogP contribution is 2.27. The monoisotopic (exact) mass is 286 g/mol. The van der Waals surface area contributed by atoms with Crippen molar-refractivity contribution in [2.24, 2.45) is 0 Å². The number of methoxy groups -OCH3 is 1. The molecule has 0 heterocycles. The summed E-state index contributed by atoms with van der Waals surface area (Å²) in [5.41, 5.74) is 4.62. The number of rotatable bonds is 4. The topological polar surface area (TPSA) is 29.5 Å². The molecule has 0 radical (unpaired) electrons. The van der Waals surface area contributed by atoms with Crippen LogP contribution >= 0.6 is 0 Å². The minimum Gasteiger partial charge on any atom is -0.494 e. The van der Waals surface area contributed by atoms with Crippen LogP contribution in [-0.2, 0) is 19.3 Å². The summed E-state index contributed by atoms with van der Waals surface area (Å²) < 4.78 is 18.4. The Morgan fingerprint density at radius 2 is 1.95 bits per heavy atom. The first kappa shape index (κ1) is 14.1. The summed E-state index contributed by atoms with van der Waals surface area (Å²) in [4.78, 5) is 0. The van der Waals surface area contributed by atoms with Gasteiger partial charge in [-0.15, -0.1) is 0 Å². The van der Waals surface area contributed by atoms with E-state index in [-0.39, 0.29) is 5.75 Å². The molecule has 21 heavy (non-hydrogen) atoms. The van der Waals surface area contributed by atoms with E-state index in [0.717, 1.165) is 18.4 Å². The van der Waals surface area contributed by atoms with Gasteiger partial charge in [0, 0.05) is 6.42 Å². The number of benzene rings is 2. The molecule has 0 amide bonds. The van der Waals surface area contributed by atoms with Gasteiger partial charge in [0.05, 0.1) is 13.2 Å². The summed E-state index contributed by atoms with van der Waals surface area (Å²) in [7, 11) is 1.43. The molecule has 1 atom stereocenters. The Labute approximate surface area is 124 Å². The Morgan fingerprint density at radius 1 is 1.14 bits per heavy atom. The normalized spacial score (nSPS) is 14.8. The number of aliphatic hydroxyl groups excluding tert-OH is 1. The van der Waals surface area contributed by atoms with Crippen LogP contribution in [0.5, 0.6) is 5.75 Å². The van der Waals surface area contributed by atoms with Crippen molar-refractivity contribution in [2.45, 2.75) is 31.8 Å². The lowest BCUT2D eigenvalue weighted by molar-refractivity contribution is 0.178. The van der Waals surface area contributed by atoms with Crippen LogP contribution in [-0.4, -0.2) is 12.2 Å². The number of fused-ring (bicyclic) bond motifs is 1. The Balaban J connectivity index is 1.78. The number of ether oxygens (including phenoxy) is 1. The zero-order valence-corrected chi connectivity index (χ0v) is 12.1. The smallest absolute Gasteiger partial charge is 0.165 e. The van der Waals surface area contributed by atoms with E-state index in [1.807, 2.05) is 0 Å². The van der Waals surface area contributed by atoms with Gasteiger partial charge >= 0.3 is 0 Å². The summed E-state index contributed by atoms with van der Waals surface area (Å²) in [5.74, 6) is -0.244. The molecular formula is C18H19FO2. The molecule has 0 aliphatic heterocycles. The van der Waals surface area contributed by atoms with Gasteiger partial charge in [-0.05, 0) is 53.6 Å². The molecule has 0 fully saturated rings. The number of halogens is 1. The molecule has 1 unspecified atom stereocenters. The van der Waals surface area contributed by atoms with Crippen LogP contribution in [0.1, 0.15) is 34.8 Å². The van der Waals surface area contributed by atoms with Crippen molar-refractivity contribution in [3.63, 3.8) is 0 Å². The lowest BCUT2D eigenvalue weighted by Gasteiger charge is -2.13. The highest BCUT2D eigenvalue weighted by Gasteiger charge is 2.15. The minimum absolute atomic E-state index is 0.167. The Kier molecular flexibility index (Phi) is 3.93. The van der Waals surface area contributed by atoms with E-state index < -0.39 is 11.9 Å². The lowest BCUT2D eigenvalue weighted by Crippen LogP contribution is -2.03. The molecule has 2 aromatic rings. The van der Waals surface area contributed by atoms with Crippen LogP contribution in [0.25, 0.3) is 0 Å². The van der Waals surface area contributed by atoms with Crippen molar-refractivity contribution in [3.8, 4) is 5.75 Å². The summed E-state index contributed by atoms with van der Waals surface area (Å²) in [5, 5.41) is 10.4. The molecule has 0 aromatic heterocycles. The van der Waals surface area contributed by atoms with Crippen molar-refractivity contribution >= 4 is 0 Å². The van der Waals surface area contributed by atoms with Gasteiger partial charge < -0.3 is 9.84 Å². The van der Waals surface area contributed by atoms with Gasteiger partial charge in [-0.1, -0.05) is 24.3 Å². The quantitative estimate of drug-likeness (QED) is 0.930. The summed E-state index contributed by atoms with van der Waals surface area (Å²) in [6.45, 7) is 0. The summed E-state index contributed by atoms with van der Waals surface area (Å²) >= 11 is 0. The lowest BCUT2D eigenvalue weighted by atomic mass is 9.98. The van der Waals surface area contributed by atoms with Crippen molar-refractivity contribution in [1.29, 1.82) is 0 Å². The number of aryl methyl sites for hydroxylation is 2. The molecule has 2 aromatic carbocycles. The molecule has 2 nitrogen and oxygen atoms in total. The minimum atomic E-state index is -0.654. The molecule has 1 aliphatic carbocycles. The van der Waals surface area contributed by atoms with E-state index in [4.69, 9.17) is 4.74 Å². The third kappa shape index (κ3) is 2.93. The molecule has 1 N–H and O–H groups in total. The molecule has 0 saturated carbocycles. The van der Waals surface area contributed by atoms with E-state index in [1.54, 1.807) is 12.1 Å². The second kappa shape index (κ2) is 5.86. The van der Waals surface area contributed by atoms with Crippen molar-refractivity contribution in [1.82, 2.24) is 0 Å². The Morgan fingerprint density at radius 3 is 2.76 bits per heavy atom. The summed E-state index contributed by atoms with van der Waals surface area (Å²) in [6, 6.07) is 10.9. The predicted octanol–water partition coefficient (Wildman–Crippen LogP) is 3.60. The van der Waals surface area contributed by atoms with Crippen LogP contribution in [0.4, 0.5) is 4.39 Å². The maximum absolute atomic E-state index is 13.4. The number of hydrogen-bond donors (Lipinski definition) is 1. The first-order valence-electron chi connectivity index (χ1n) is 7.29. The fraction of sp³-hybridized carbons (Fsp3) is 0.333. The third-order valence-electron chi connectivity index (χ3n) is 4.15. The molecule has 1 aliphatic rings. The second-order valence-corrected chi connectivity index (χ2v) is 5.57. The highest BCUT2D eigenvalue weighted by molar-refractivity contribution is 5.37. The third-order valence-corrected chi connectivity index (χ3v) is 4.15. The van der Waals surface area contributed by atoms with Crippen molar-refractivity contribution < 1.29 is 14.2 Å². The molecule has 0 spiro atoms. The Hall–Kier alpha value is -1.87. The molecular weight excluding hydrogens is 267 g/mol. The average Bonchev–Trinajstić information content (AvgIpc) is 2.95. The van der Waals surface area contributed by atoms with Gasteiger partial charge in [-0.25, -0.2) is 4.39 Å². The van der Waals surface area contributed by atoms with Crippen molar-refractivity contribution in [3.05, 3.63) is 64.5 Å². The standard InChI is InChI=1S/C18H19FO2/c1-21-18-11-15(7-8-16(18)19)17(20)10-12-5-6-13-3-2-4-14(13)9-12/h5-9,11,17,20H,2-4,10H2,1H3. The van der Waals surface area contributed by atoms with Crippen molar-refractivity contribution in [2.75, 3.05) is 7.11 Å². The highest BCUT2D eigenvalue weighted by atomic mass is 19.1. The fourth-order valence-electron chi connectivity index (χ4n) is 2.98. The maximum atomic E-state index is 13.4. The molecule has 3 heteroatoms. The first-order valence-corrected chi connectivity index (χ1v) is 7.29. The van der Waals surface area contributed by atoms with E-state index in [1.165, 1.54) is 30.7 Å². The van der Waals surface area contributed by atoms with Gasteiger partial charge in [-0.3, -0.25) is 0 Å². The van der Waals surface area contributed by atoms with Gasteiger partial charge in [0.1, 0.15) is 0 Å². The van der Waals surface area contributed by atoms with E-state index in [0.29, 0.717) is 12.0 Å². The predicted molar refractivity (Wildman–Crippen MR) is 80.1 cm³/mol. The van der Waals surface area contributed by atoms with E-state index in [2.05, 4.69) is 18.2 Å². The molecule has 0 saturated heterocycles. The Bertz CT molecular complexity index is 652. The molecule has 0 bridgehead atoms. The SMILES string of the molecule is COc1cc(C(O)Cc2ccc3c(c2)CCC3)ccc1F. The van der Waals surface area contributed by atoms with Gasteiger partial charge in [0.15, 0.2) is 11.6 Å². The van der Waals surface area contributed by atoms with Crippen LogP contribution in [0.15, 0.2) is 36.4 Å². The first-order chi connectivity index (χ1) is 10.2. The van der Waals surface area contributed by atoms with Crippen LogP contribution < -0.4 is 4.74 Å². The zero-order valence-electron chi connectivity index (χ0n) is 12.1. The van der Waals surface area contributed by atoms with Gasteiger partial charge in [0.2, 0.25) is 0 Å². The van der Waals surface area contributed by atoms with E-state index in [9.17, 15) is 9.50 Å².